The Kier molecular flexibility index (Phi) is 9.65. The fourth-order valence-electron chi connectivity index (χ4n) is 5.97. The summed E-state index contributed by atoms with van der Waals surface area (Å²) in [5.74, 6) is 0.295. The van der Waals surface area contributed by atoms with Crippen LogP contribution in [0.15, 0.2) is 83.8 Å². The molecule has 4 N–H and O–H groups in total. The molecule has 4 aromatic carbocycles. The quantitative estimate of drug-likeness (QED) is 0.182. The van der Waals surface area contributed by atoms with Gasteiger partial charge in [-0.25, -0.2) is 8.42 Å². The van der Waals surface area contributed by atoms with Crippen LogP contribution in [0.3, 0.4) is 0 Å². The predicted molar refractivity (Wildman–Crippen MR) is 182 cm³/mol. The lowest BCUT2D eigenvalue weighted by atomic mass is 9.99. The fraction of sp³-hybridized carbons (Fsp3) is 0.343. The number of likely N-dealkylation sites (N-methyl/N-ethyl adjacent to an activating group) is 1. The minimum Gasteiger partial charge on any atom is -0.486 e. The van der Waals surface area contributed by atoms with E-state index >= 15 is 0 Å². The fourth-order valence-corrected chi connectivity index (χ4v) is 7.17. The van der Waals surface area contributed by atoms with Crippen molar-refractivity contribution in [3.63, 3.8) is 0 Å². The van der Waals surface area contributed by atoms with Gasteiger partial charge in [0.05, 0.1) is 35.3 Å². The number of para-hydroxylation sites is 1. The Balaban J connectivity index is 1.30. The van der Waals surface area contributed by atoms with Crippen LogP contribution in [0, 0.1) is 5.92 Å². The maximum Gasteiger partial charge on any atom is 0.258 e. The molecule has 48 heavy (non-hydrogen) atoms. The lowest BCUT2D eigenvalue weighted by Gasteiger charge is -2.38. The molecule has 0 radical (unpaired) electrons. The highest BCUT2D eigenvalue weighted by molar-refractivity contribution is 7.89. The zero-order valence-corrected chi connectivity index (χ0v) is 27.8. The first kappa shape index (κ1) is 33.3. The molecule has 2 heterocycles. The largest absolute Gasteiger partial charge is 0.486 e. The van der Waals surface area contributed by atoms with Gasteiger partial charge in [0, 0.05) is 36.7 Å². The van der Waals surface area contributed by atoms with Crippen LogP contribution in [0.4, 0.5) is 11.4 Å². The first-order chi connectivity index (χ1) is 23.1. The van der Waals surface area contributed by atoms with E-state index in [9.17, 15) is 23.4 Å². The van der Waals surface area contributed by atoms with Crippen molar-refractivity contribution >= 4 is 38.1 Å². The summed E-state index contributed by atoms with van der Waals surface area (Å²) in [6.45, 7) is 4.23. The summed E-state index contributed by atoms with van der Waals surface area (Å²) in [6.07, 6.45) is -2.01. The van der Waals surface area contributed by atoms with Gasteiger partial charge in [0.1, 0.15) is 19.3 Å². The van der Waals surface area contributed by atoms with Crippen LogP contribution < -0.4 is 24.8 Å². The molecule has 254 valence electrons. The molecule has 13 heteroatoms. The summed E-state index contributed by atoms with van der Waals surface area (Å²) in [5, 5.41) is 29.2. The Bertz CT molecular complexity index is 1900. The zero-order chi connectivity index (χ0) is 34.0. The summed E-state index contributed by atoms with van der Waals surface area (Å²) in [6, 6.07) is 22.5. The number of hydrogen-bond donors (Lipinski definition) is 4. The van der Waals surface area contributed by atoms with E-state index in [2.05, 4.69) is 10.6 Å². The van der Waals surface area contributed by atoms with Gasteiger partial charge < -0.3 is 40.0 Å². The maximum absolute atomic E-state index is 13.9. The van der Waals surface area contributed by atoms with Crippen LogP contribution >= 0.6 is 0 Å². The number of aliphatic hydroxyl groups excluding tert-OH is 2. The number of ether oxygens (including phenoxy) is 3. The number of benzene rings is 4. The molecule has 0 fully saturated rings. The van der Waals surface area contributed by atoms with Crippen molar-refractivity contribution in [3.05, 3.63) is 84.4 Å². The topological polar surface area (TPSA) is 150 Å². The van der Waals surface area contributed by atoms with E-state index in [1.54, 1.807) is 36.1 Å². The van der Waals surface area contributed by atoms with Crippen LogP contribution in [0.1, 0.15) is 24.2 Å². The molecule has 0 aliphatic carbocycles. The Hall–Kier alpha value is -4.56. The number of carbonyl (C=O) groups is 1. The smallest absolute Gasteiger partial charge is 0.258 e. The van der Waals surface area contributed by atoms with Crippen LogP contribution in [-0.4, -0.2) is 92.2 Å². The van der Waals surface area contributed by atoms with Crippen molar-refractivity contribution in [1.82, 2.24) is 9.21 Å². The van der Waals surface area contributed by atoms with Crippen molar-refractivity contribution in [2.45, 2.75) is 37.2 Å². The molecule has 4 aromatic rings. The molecular weight excluding hydrogens is 636 g/mol. The highest BCUT2D eigenvalue weighted by atomic mass is 32.2. The molecular formula is C35H40N4O8S. The first-order valence-electron chi connectivity index (χ1n) is 15.8. The maximum atomic E-state index is 13.9. The molecule has 0 bridgehead atoms. The van der Waals surface area contributed by atoms with Crippen molar-refractivity contribution in [2.75, 3.05) is 50.6 Å². The number of hydrogen-bond acceptors (Lipinski definition) is 10. The van der Waals surface area contributed by atoms with Crippen molar-refractivity contribution in [1.29, 1.82) is 0 Å². The van der Waals surface area contributed by atoms with Crippen molar-refractivity contribution in [2.24, 2.45) is 5.92 Å². The van der Waals surface area contributed by atoms with E-state index in [0.717, 1.165) is 10.8 Å². The SMILES string of the molecule is C[C@@H]1CN([C@@H](C)CO)C(=O)c2cccc(NC(O)Nc3cccc4ccccc34)c2O[C@H]1CN(C)S(=O)(=O)c1ccc2c(c1)OCCO2. The Morgan fingerprint density at radius 3 is 2.44 bits per heavy atom. The van der Waals surface area contributed by atoms with E-state index in [4.69, 9.17) is 14.2 Å². The normalized spacial score (nSPS) is 19.1. The molecule has 0 saturated heterocycles. The molecule has 4 atom stereocenters. The van der Waals surface area contributed by atoms with Gasteiger partial charge in [0.15, 0.2) is 17.2 Å². The second-order valence-electron chi connectivity index (χ2n) is 12.1. The molecule has 1 unspecified atom stereocenters. The average Bonchev–Trinajstić information content (AvgIpc) is 3.09. The van der Waals surface area contributed by atoms with Gasteiger partial charge in [0.25, 0.3) is 5.91 Å². The number of aliphatic hydroxyl groups is 2. The molecule has 0 saturated carbocycles. The number of amides is 1. The van der Waals surface area contributed by atoms with E-state index in [1.165, 1.54) is 23.5 Å². The number of anilines is 2. The van der Waals surface area contributed by atoms with Crippen LogP contribution in [0.5, 0.6) is 17.2 Å². The summed E-state index contributed by atoms with van der Waals surface area (Å²) >= 11 is 0. The van der Waals surface area contributed by atoms with E-state index in [1.807, 2.05) is 49.4 Å². The average molecular weight is 677 g/mol. The van der Waals surface area contributed by atoms with Gasteiger partial charge in [-0.15, -0.1) is 0 Å². The number of sulfonamides is 1. The summed E-state index contributed by atoms with van der Waals surface area (Å²) in [7, 11) is -2.51. The van der Waals surface area contributed by atoms with Crippen LogP contribution in [-0.2, 0) is 10.0 Å². The third-order valence-electron chi connectivity index (χ3n) is 8.72. The van der Waals surface area contributed by atoms with Crippen molar-refractivity contribution in [3.8, 4) is 17.2 Å². The Morgan fingerprint density at radius 1 is 0.958 bits per heavy atom. The molecule has 6 rings (SSSR count). The van der Waals surface area contributed by atoms with E-state index in [0.29, 0.717) is 36.1 Å². The van der Waals surface area contributed by atoms with Gasteiger partial charge in [0.2, 0.25) is 16.4 Å². The van der Waals surface area contributed by atoms with Gasteiger partial charge in [-0.05, 0) is 42.6 Å². The predicted octanol–water partition coefficient (Wildman–Crippen LogP) is 3.95. The standard InChI is InChI=1S/C35H40N4O8S/c1-22-19-39(23(2)21-40)34(41)27-11-7-13-29(37-35(42)36-28-12-6-9-24-8-4-5-10-26(24)28)33(27)47-32(22)20-38(3)48(43,44)25-14-15-30-31(18-25)46-17-16-45-30/h4-15,18,22-23,32,35-37,40,42H,16-17,19-21H2,1-3H3/t22-,23+,32+,35?/m1/s1. The lowest BCUT2D eigenvalue weighted by molar-refractivity contribution is 0.0388. The zero-order valence-electron chi connectivity index (χ0n) is 27.0. The molecule has 12 nitrogen and oxygen atoms in total. The van der Waals surface area contributed by atoms with E-state index in [-0.39, 0.29) is 47.7 Å². The second-order valence-corrected chi connectivity index (χ2v) is 14.2. The molecule has 1 amide bonds. The summed E-state index contributed by atoms with van der Waals surface area (Å²) in [5.41, 5.74) is 1.24. The third kappa shape index (κ3) is 6.72. The van der Waals surface area contributed by atoms with Crippen molar-refractivity contribution < 1.29 is 37.6 Å². The molecule has 0 spiro atoms. The van der Waals surface area contributed by atoms with Crippen LogP contribution in [0.25, 0.3) is 10.8 Å². The minimum atomic E-state index is -3.99. The highest BCUT2D eigenvalue weighted by Gasteiger charge is 2.36. The molecule has 2 aliphatic heterocycles. The first-order valence-corrected chi connectivity index (χ1v) is 17.3. The molecule has 2 aliphatic rings. The number of nitrogens with zero attached hydrogens (tertiary/aromatic N) is 2. The molecule has 0 aromatic heterocycles. The Labute approximate surface area is 279 Å². The second kappa shape index (κ2) is 13.9. The summed E-state index contributed by atoms with van der Waals surface area (Å²) < 4.78 is 46.5. The number of nitrogens with one attached hydrogen (secondary N) is 2. The number of rotatable bonds is 10. The monoisotopic (exact) mass is 676 g/mol. The minimum absolute atomic E-state index is 0.0452. The van der Waals surface area contributed by atoms with Gasteiger partial charge in [-0.2, -0.15) is 4.31 Å². The number of carbonyl (C=O) groups excluding carboxylic acids is 1. The highest BCUT2D eigenvalue weighted by Crippen LogP contribution is 2.37. The van der Waals surface area contributed by atoms with Gasteiger partial charge in [-0.1, -0.05) is 49.4 Å². The van der Waals surface area contributed by atoms with Gasteiger partial charge in [-0.3, -0.25) is 4.79 Å². The van der Waals surface area contributed by atoms with Crippen LogP contribution in [0.2, 0.25) is 0 Å². The summed E-state index contributed by atoms with van der Waals surface area (Å²) in [4.78, 5) is 15.5. The van der Waals surface area contributed by atoms with E-state index < -0.39 is 28.5 Å². The lowest BCUT2D eigenvalue weighted by Crippen LogP contribution is -2.50. The number of fused-ring (bicyclic) bond motifs is 3. The van der Waals surface area contributed by atoms with Gasteiger partial charge >= 0.3 is 0 Å². The Morgan fingerprint density at radius 2 is 1.65 bits per heavy atom. The third-order valence-corrected chi connectivity index (χ3v) is 10.5.